The van der Waals surface area contributed by atoms with Gasteiger partial charge in [-0.1, -0.05) is 17.7 Å². The molecule has 1 N–H and O–H groups in total. The van der Waals surface area contributed by atoms with Crippen LogP contribution >= 0.6 is 0 Å². The Labute approximate surface area is 136 Å². The second-order valence-corrected chi connectivity index (χ2v) is 7.42. The lowest BCUT2D eigenvalue weighted by Gasteiger charge is -2.11. The molecular formula is C17H19N3O2S. The highest BCUT2D eigenvalue weighted by Crippen LogP contribution is 2.24. The number of benzene rings is 1. The summed E-state index contributed by atoms with van der Waals surface area (Å²) >= 11 is 0. The molecule has 2 aromatic heterocycles. The molecule has 0 saturated heterocycles. The summed E-state index contributed by atoms with van der Waals surface area (Å²) in [6.45, 7) is 7.60. The standard InChI is InChI=1S/C17H19N3O2S/c1-11-7-8-16(12(2)10-11)23(21,22)19-15-6-5-9-20-14(4)13(3)18-17(15)20/h5-10,19H,1-4H3. The van der Waals surface area contributed by atoms with Crippen LogP contribution in [0.5, 0.6) is 0 Å². The molecule has 0 atom stereocenters. The molecule has 0 spiro atoms. The lowest BCUT2D eigenvalue weighted by molar-refractivity contribution is 0.600. The van der Waals surface area contributed by atoms with E-state index in [-0.39, 0.29) is 4.90 Å². The van der Waals surface area contributed by atoms with E-state index in [1.54, 1.807) is 31.2 Å². The van der Waals surface area contributed by atoms with Crippen molar-refractivity contribution in [2.45, 2.75) is 32.6 Å². The van der Waals surface area contributed by atoms with Gasteiger partial charge in [-0.05, 0) is 51.5 Å². The number of rotatable bonds is 3. The van der Waals surface area contributed by atoms with Crippen LogP contribution in [0.25, 0.3) is 5.65 Å². The highest BCUT2D eigenvalue weighted by molar-refractivity contribution is 7.92. The summed E-state index contributed by atoms with van der Waals surface area (Å²) in [6.07, 6.45) is 1.87. The molecule has 120 valence electrons. The summed E-state index contributed by atoms with van der Waals surface area (Å²) in [4.78, 5) is 4.75. The van der Waals surface area contributed by atoms with E-state index in [0.29, 0.717) is 11.3 Å². The lowest BCUT2D eigenvalue weighted by atomic mass is 10.2. The largest absolute Gasteiger partial charge is 0.302 e. The Morgan fingerprint density at radius 3 is 2.52 bits per heavy atom. The molecule has 0 aliphatic carbocycles. The topological polar surface area (TPSA) is 63.5 Å². The normalized spacial score (nSPS) is 11.8. The van der Waals surface area contributed by atoms with Gasteiger partial charge in [0.15, 0.2) is 5.65 Å². The predicted octanol–water partition coefficient (Wildman–Crippen LogP) is 3.37. The number of aryl methyl sites for hydroxylation is 4. The van der Waals surface area contributed by atoms with Crippen LogP contribution in [0.1, 0.15) is 22.5 Å². The van der Waals surface area contributed by atoms with E-state index in [0.717, 1.165) is 22.5 Å². The van der Waals surface area contributed by atoms with Gasteiger partial charge in [0.05, 0.1) is 16.3 Å². The zero-order valence-corrected chi connectivity index (χ0v) is 14.4. The molecule has 0 radical (unpaired) electrons. The second-order valence-electron chi connectivity index (χ2n) is 5.77. The van der Waals surface area contributed by atoms with Crippen LogP contribution in [0.3, 0.4) is 0 Å². The number of nitrogens with one attached hydrogen (secondary N) is 1. The average molecular weight is 329 g/mol. The number of aromatic nitrogens is 2. The van der Waals surface area contributed by atoms with Gasteiger partial charge in [0.25, 0.3) is 10.0 Å². The summed E-state index contributed by atoms with van der Waals surface area (Å²) < 4.78 is 30.0. The van der Waals surface area contributed by atoms with Crippen molar-refractivity contribution < 1.29 is 8.42 Å². The molecule has 23 heavy (non-hydrogen) atoms. The summed E-state index contributed by atoms with van der Waals surface area (Å²) in [5.41, 5.74) is 4.71. The molecule has 0 unspecified atom stereocenters. The van der Waals surface area contributed by atoms with E-state index < -0.39 is 10.0 Å². The minimum Gasteiger partial charge on any atom is -0.302 e. The number of anilines is 1. The number of fused-ring (bicyclic) bond motifs is 1. The molecule has 6 heteroatoms. The van der Waals surface area contributed by atoms with Crippen LogP contribution < -0.4 is 4.72 Å². The lowest BCUT2D eigenvalue weighted by Crippen LogP contribution is -2.15. The van der Waals surface area contributed by atoms with Crippen molar-refractivity contribution in [3.8, 4) is 0 Å². The molecule has 2 heterocycles. The van der Waals surface area contributed by atoms with Crippen molar-refractivity contribution >= 4 is 21.4 Å². The zero-order valence-electron chi connectivity index (χ0n) is 13.6. The van der Waals surface area contributed by atoms with Crippen LogP contribution in [0.4, 0.5) is 5.69 Å². The monoisotopic (exact) mass is 329 g/mol. The van der Waals surface area contributed by atoms with E-state index in [9.17, 15) is 8.42 Å². The maximum Gasteiger partial charge on any atom is 0.262 e. The molecular weight excluding hydrogens is 310 g/mol. The van der Waals surface area contributed by atoms with Gasteiger partial charge in [-0.3, -0.25) is 4.72 Å². The quantitative estimate of drug-likeness (QED) is 0.801. The summed E-state index contributed by atoms with van der Waals surface area (Å²) in [6, 6.07) is 8.82. The molecule has 3 rings (SSSR count). The minimum absolute atomic E-state index is 0.283. The SMILES string of the molecule is Cc1ccc(S(=O)(=O)Nc2cccn3c(C)c(C)nc23)c(C)c1. The number of nitrogens with zero attached hydrogens (tertiary/aromatic N) is 2. The van der Waals surface area contributed by atoms with Gasteiger partial charge in [-0.2, -0.15) is 0 Å². The maximum atomic E-state index is 12.7. The summed E-state index contributed by atoms with van der Waals surface area (Å²) in [5, 5.41) is 0. The van der Waals surface area contributed by atoms with Crippen LogP contribution in [0, 0.1) is 27.7 Å². The molecule has 1 aromatic carbocycles. The number of sulfonamides is 1. The first-order valence-electron chi connectivity index (χ1n) is 7.34. The van der Waals surface area contributed by atoms with Crippen molar-refractivity contribution in [1.82, 2.24) is 9.38 Å². The van der Waals surface area contributed by atoms with Gasteiger partial charge >= 0.3 is 0 Å². The molecule has 3 aromatic rings. The number of pyridine rings is 1. The Bertz CT molecular complexity index is 1000. The Kier molecular flexibility index (Phi) is 3.64. The Hall–Kier alpha value is -2.34. The smallest absolute Gasteiger partial charge is 0.262 e. The molecule has 0 fully saturated rings. The number of hydrogen-bond donors (Lipinski definition) is 1. The Balaban J connectivity index is 2.09. The first-order valence-corrected chi connectivity index (χ1v) is 8.82. The van der Waals surface area contributed by atoms with E-state index in [1.165, 1.54) is 0 Å². The highest BCUT2D eigenvalue weighted by Gasteiger charge is 2.19. The third-order valence-electron chi connectivity index (χ3n) is 3.99. The van der Waals surface area contributed by atoms with Crippen molar-refractivity contribution in [3.05, 3.63) is 59.0 Å². The third kappa shape index (κ3) is 2.70. The van der Waals surface area contributed by atoms with E-state index in [2.05, 4.69) is 9.71 Å². The van der Waals surface area contributed by atoms with E-state index in [1.807, 2.05) is 37.4 Å². The number of hydrogen-bond acceptors (Lipinski definition) is 3. The van der Waals surface area contributed by atoms with Crippen LogP contribution in [0.15, 0.2) is 41.4 Å². The fourth-order valence-corrected chi connectivity index (χ4v) is 3.97. The molecule has 5 nitrogen and oxygen atoms in total. The maximum absolute atomic E-state index is 12.7. The summed E-state index contributed by atoms with van der Waals surface area (Å²) in [5.74, 6) is 0. The molecule has 0 bridgehead atoms. The molecule has 0 saturated carbocycles. The Morgan fingerprint density at radius 1 is 1.09 bits per heavy atom. The first-order chi connectivity index (χ1) is 10.8. The highest BCUT2D eigenvalue weighted by atomic mass is 32.2. The van der Waals surface area contributed by atoms with Gasteiger partial charge in [0.2, 0.25) is 0 Å². The van der Waals surface area contributed by atoms with Crippen LogP contribution in [0.2, 0.25) is 0 Å². The average Bonchev–Trinajstić information content (AvgIpc) is 2.75. The van der Waals surface area contributed by atoms with Crippen molar-refractivity contribution in [3.63, 3.8) is 0 Å². The fraction of sp³-hybridized carbons (Fsp3) is 0.235. The summed E-state index contributed by atoms with van der Waals surface area (Å²) in [7, 11) is -3.66. The van der Waals surface area contributed by atoms with Gasteiger partial charge in [-0.25, -0.2) is 13.4 Å². The minimum atomic E-state index is -3.66. The molecule has 0 aliphatic heterocycles. The van der Waals surface area contributed by atoms with Crippen LogP contribution in [-0.4, -0.2) is 17.8 Å². The fourth-order valence-electron chi connectivity index (χ4n) is 2.68. The van der Waals surface area contributed by atoms with Crippen molar-refractivity contribution in [2.24, 2.45) is 0 Å². The third-order valence-corrected chi connectivity index (χ3v) is 5.52. The van der Waals surface area contributed by atoms with Crippen molar-refractivity contribution in [1.29, 1.82) is 0 Å². The molecule has 0 amide bonds. The van der Waals surface area contributed by atoms with Crippen LogP contribution in [-0.2, 0) is 10.0 Å². The van der Waals surface area contributed by atoms with E-state index >= 15 is 0 Å². The van der Waals surface area contributed by atoms with Gasteiger partial charge < -0.3 is 4.40 Å². The second kappa shape index (κ2) is 5.38. The first kappa shape index (κ1) is 15.6. The molecule has 0 aliphatic rings. The zero-order chi connectivity index (χ0) is 16.8. The van der Waals surface area contributed by atoms with E-state index in [4.69, 9.17) is 0 Å². The Morgan fingerprint density at radius 2 is 1.83 bits per heavy atom. The van der Waals surface area contributed by atoms with Gasteiger partial charge in [-0.15, -0.1) is 0 Å². The van der Waals surface area contributed by atoms with Crippen molar-refractivity contribution in [2.75, 3.05) is 4.72 Å². The van der Waals surface area contributed by atoms with Gasteiger partial charge in [0, 0.05) is 11.9 Å². The number of imidazole rings is 1. The van der Waals surface area contributed by atoms with Gasteiger partial charge in [0.1, 0.15) is 0 Å². The predicted molar refractivity (Wildman–Crippen MR) is 91.4 cm³/mol.